The number of thiophene rings is 1. The van der Waals surface area contributed by atoms with Crippen LogP contribution in [-0.2, 0) is 11.3 Å². The van der Waals surface area contributed by atoms with Crippen LogP contribution >= 0.6 is 11.3 Å². The number of anilines is 1. The Bertz CT molecular complexity index is 1190. The van der Waals surface area contributed by atoms with Crippen molar-refractivity contribution in [1.29, 1.82) is 0 Å². The van der Waals surface area contributed by atoms with Crippen LogP contribution in [0.2, 0.25) is 0 Å². The molecule has 0 spiro atoms. The van der Waals surface area contributed by atoms with E-state index in [1.54, 1.807) is 43.8 Å². The molecule has 0 aliphatic heterocycles. The maximum atomic E-state index is 12.4. The molecule has 0 saturated carbocycles. The molecule has 0 aliphatic rings. The van der Waals surface area contributed by atoms with Crippen LogP contribution in [-0.4, -0.2) is 34.2 Å². The number of benzene rings is 1. The number of nitrogens with zero attached hydrogens (tertiary/aromatic N) is 3. The highest BCUT2D eigenvalue weighted by atomic mass is 32.1. The van der Waals surface area contributed by atoms with Gasteiger partial charge in [0.05, 0.1) is 31.3 Å². The van der Waals surface area contributed by atoms with Crippen LogP contribution in [0, 0.1) is 6.92 Å². The molecule has 4 aromatic rings. The minimum absolute atomic E-state index is 0.302. The second-order valence-corrected chi connectivity index (χ2v) is 7.68. The average Bonchev–Trinajstić information content (AvgIpc) is 3.48. The minimum Gasteiger partial charge on any atom is -0.496 e. The molecule has 0 atom stereocenters. The Morgan fingerprint density at radius 1 is 1.22 bits per heavy atom. The van der Waals surface area contributed by atoms with Crippen molar-refractivity contribution in [3.05, 3.63) is 64.1 Å². The summed E-state index contributed by atoms with van der Waals surface area (Å²) in [6.07, 6.45) is 1.72. The summed E-state index contributed by atoms with van der Waals surface area (Å²) in [6.45, 7) is 8.64. The first-order valence-corrected chi connectivity index (χ1v) is 11.4. The maximum absolute atomic E-state index is 12.4. The number of methoxy groups -OCH3 is 1. The molecule has 0 bridgehead atoms. The Morgan fingerprint density at radius 2 is 2.03 bits per heavy atom. The number of carbonyl (C=O) groups excluding carboxylic acids is 1. The highest BCUT2D eigenvalue weighted by Crippen LogP contribution is 2.27. The second kappa shape index (κ2) is 10.8. The number of esters is 1. The number of rotatable bonds is 7. The van der Waals surface area contributed by atoms with Crippen molar-refractivity contribution in [2.24, 2.45) is 0 Å². The Morgan fingerprint density at radius 3 is 2.72 bits per heavy atom. The van der Waals surface area contributed by atoms with E-state index in [1.165, 1.54) is 0 Å². The molecule has 0 fully saturated rings. The summed E-state index contributed by atoms with van der Waals surface area (Å²) in [4.78, 5) is 22.8. The fourth-order valence-corrected chi connectivity index (χ4v) is 3.86. The molecule has 32 heavy (non-hydrogen) atoms. The lowest BCUT2D eigenvalue weighted by atomic mass is 10.2. The lowest BCUT2D eigenvalue weighted by molar-refractivity contribution is 0.0527. The highest BCUT2D eigenvalue weighted by Gasteiger charge is 2.17. The summed E-state index contributed by atoms with van der Waals surface area (Å²) < 4.78 is 12.5. The van der Waals surface area contributed by atoms with E-state index in [4.69, 9.17) is 14.5 Å². The molecule has 0 saturated heterocycles. The quantitative estimate of drug-likeness (QED) is 0.367. The van der Waals surface area contributed by atoms with Gasteiger partial charge in [0.15, 0.2) is 0 Å². The first-order valence-electron chi connectivity index (χ1n) is 10.6. The molecule has 0 amide bonds. The topological polar surface area (TPSA) is 78.3 Å². The highest BCUT2D eigenvalue weighted by molar-refractivity contribution is 7.09. The molecule has 3 aromatic heterocycles. The monoisotopic (exact) mass is 452 g/mol. The van der Waals surface area contributed by atoms with Gasteiger partial charge in [-0.1, -0.05) is 19.9 Å². The number of nitrogens with one attached hydrogen (secondary N) is 1. The van der Waals surface area contributed by atoms with E-state index in [9.17, 15) is 4.79 Å². The summed E-state index contributed by atoms with van der Waals surface area (Å²) in [5.74, 6) is 1.49. The van der Waals surface area contributed by atoms with E-state index in [-0.39, 0.29) is 0 Å². The second-order valence-electron chi connectivity index (χ2n) is 6.64. The van der Waals surface area contributed by atoms with Crippen LogP contribution in [0.3, 0.4) is 0 Å². The maximum Gasteiger partial charge on any atom is 0.341 e. The molecule has 0 unspecified atom stereocenters. The summed E-state index contributed by atoms with van der Waals surface area (Å²) in [5.41, 5.74) is 3.13. The molecule has 1 N–H and O–H groups in total. The number of ether oxygens (including phenoxy) is 2. The average molecular weight is 453 g/mol. The molecule has 0 radical (unpaired) electrons. The molecule has 8 heteroatoms. The Kier molecular flexibility index (Phi) is 7.83. The Labute approximate surface area is 192 Å². The van der Waals surface area contributed by atoms with Gasteiger partial charge in [0.25, 0.3) is 0 Å². The molecule has 168 valence electrons. The number of aromatic nitrogens is 3. The van der Waals surface area contributed by atoms with Crippen LogP contribution in [0.4, 0.5) is 5.82 Å². The first kappa shape index (κ1) is 23.3. The zero-order valence-corrected chi connectivity index (χ0v) is 19.8. The van der Waals surface area contributed by atoms with Crippen LogP contribution < -0.4 is 10.1 Å². The van der Waals surface area contributed by atoms with Gasteiger partial charge in [-0.2, -0.15) is 0 Å². The molecule has 1 aromatic carbocycles. The van der Waals surface area contributed by atoms with Crippen molar-refractivity contribution < 1.29 is 14.3 Å². The van der Waals surface area contributed by atoms with E-state index in [1.807, 2.05) is 55.0 Å². The fraction of sp³-hybridized carbons (Fsp3) is 0.292. The van der Waals surface area contributed by atoms with Crippen molar-refractivity contribution in [3.8, 4) is 11.6 Å². The molecular weight excluding hydrogens is 424 g/mol. The third-order valence-corrected chi connectivity index (χ3v) is 5.57. The Hall–Kier alpha value is -3.39. The number of fused-ring (bicyclic) bond motifs is 1. The van der Waals surface area contributed by atoms with E-state index in [0.717, 1.165) is 27.2 Å². The third-order valence-electron chi connectivity index (χ3n) is 4.70. The Balaban J connectivity index is 0.00000141. The number of hydrogen-bond acceptors (Lipinski definition) is 7. The number of pyridine rings is 1. The fourth-order valence-electron chi connectivity index (χ4n) is 3.22. The van der Waals surface area contributed by atoms with Crippen molar-refractivity contribution in [1.82, 2.24) is 14.5 Å². The van der Waals surface area contributed by atoms with E-state index >= 15 is 0 Å². The van der Waals surface area contributed by atoms with Gasteiger partial charge in [0, 0.05) is 10.9 Å². The van der Waals surface area contributed by atoms with E-state index in [2.05, 4.69) is 10.3 Å². The predicted octanol–water partition coefficient (Wildman–Crippen LogP) is 5.61. The zero-order valence-electron chi connectivity index (χ0n) is 19.0. The molecule has 7 nitrogen and oxygen atoms in total. The van der Waals surface area contributed by atoms with E-state index in [0.29, 0.717) is 30.4 Å². The lowest BCUT2D eigenvalue weighted by Crippen LogP contribution is -2.12. The smallest absolute Gasteiger partial charge is 0.341 e. The lowest BCUT2D eigenvalue weighted by Gasteiger charge is -2.13. The number of imidazole rings is 1. The van der Waals surface area contributed by atoms with Gasteiger partial charge < -0.3 is 14.8 Å². The van der Waals surface area contributed by atoms with Crippen molar-refractivity contribution in [3.63, 3.8) is 0 Å². The van der Waals surface area contributed by atoms with Crippen molar-refractivity contribution in [2.75, 3.05) is 19.0 Å². The summed E-state index contributed by atoms with van der Waals surface area (Å²) >= 11 is 1.64. The van der Waals surface area contributed by atoms with Gasteiger partial charge in [-0.05, 0) is 49.1 Å². The third kappa shape index (κ3) is 4.91. The summed E-state index contributed by atoms with van der Waals surface area (Å²) in [7, 11) is 1.65. The SMILES string of the molecule is CC.CCOC(=O)c1ccc(-n2cnc3cc(C)c(OC)cc32)nc1NCc1cccs1. The van der Waals surface area contributed by atoms with Crippen LogP contribution in [0.25, 0.3) is 16.9 Å². The minimum atomic E-state index is -0.405. The van der Waals surface area contributed by atoms with Gasteiger partial charge in [-0.15, -0.1) is 11.3 Å². The molecular formula is C24H28N4O3S. The molecule has 0 aliphatic carbocycles. The van der Waals surface area contributed by atoms with Crippen LogP contribution in [0.1, 0.15) is 41.6 Å². The first-order chi connectivity index (χ1) is 15.6. The zero-order chi connectivity index (χ0) is 23.1. The standard InChI is InChI=1S/C22H22N4O3S.C2H6/c1-4-29-22(27)16-7-8-20(25-21(16)23-12-15-6-5-9-30-15)26-13-24-17-10-14(2)19(28-3)11-18(17)26;1-2/h5-11,13H,4,12H2,1-3H3,(H,23,25);1-2H3. The number of aryl methyl sites for hydroxylation is 1. The summed E-state index contributed by atoms with van der Waals surface area (Å²) in [6, 6.07) is 11.5. The van der Waals surface area contributed by atoms with Gasteiger partial charge in [-0.3, -0.25) is 4.57 Å². The summed E-state index contributed by atoms with van der Waals surface area (Å²) in [5, 5.41) is 5.29. The van der Waals surface area contributed by atoms with E-state index < -0.39 is 5.97 Å². The van der Waals surface area contributed by atoms with Crippen LogP contribution in [0.5, 0.6) is 5.75 Å². The predicted molar refractivity (Wildman–Crippen MR) is 129 cm³/mol. The van der Waals surface area contributed by atoms with Crippen LogP contribution in [0.15, 0.2) is 48.1 Å². The van der Waals surface area contributed by atoms with Crippen molar-refractivity contribution in [2.45, 2.75) is 34.2 Å². The normalized spacial score (nSPS) is 10.4. The number of carbonyl (C=O) groups is 1. The van der Waals surface area contributed by atoms with Gasteiger partial charge in [0.2, 0.25) is 0 Å². The molecule has 4 rings (SSSR count). The van der Waals surface area contributed by atoms with Crippen molar-refractivity contribution >= 4 is 34.2 Å². The molecule has 3 heterocycles. The largest absolute Gasteiger partial charge is 0.496 e. The number of hydrogen-bond donors (Lipinski definition) is 1. The van der Waals surface area contributed by atoms with Gasteiger partial charge >= 0.3 is 5.97 Å². The van der Waals surface area contributed by atoms with Gasteiger partial charge in [0.1, 0.15) is 29.3 Å². The van der Waals surface area contributed by atoms with Gasteiger partial charge in [-0.25, -0.2) is 14.8 Å².